The van der Waals surface area contributed by atoms with Gasteiger partial charge in [0.05, 0.1) is 11.4 Å². The molecule has 0 spiro atoms. The van der Waals surface area contributed by atoms with Crippen molar-refractivity contribution in [1.82, 2.24) is 0 Å². The molecule has 10 aromatic carbocycles. The number of anilines is 6. The Morgan fingerprint density at radius 3 is 1.09 bits per heavy atom. The van der Waals surface area contributed by atoms with E-state index in [2.05, 4.69) is 254 Å². The first kappa shape index (κ1) is 39.8. The first-order chi connectivity index (χ1) is 32.6. The Morgan fingerprint density at radius 2 is 0.652 bits per heavy atom. The van der Waals surface area contributed by atoms with Crippen molar-refractivity contribution in [2.24, 2.45) is 0 Å². The molecule has 314 valence electrons. The number of thiophene rings is 2. The van der Waals surface area contributed by atoms with Crippen molar-refractivity contribution in [3.8, 4) is 33.4 Å². The van der Waals surface area contributed by atoms with E-state index in [1.807, 2.05) is 22.7 Å². The summed E-state index contributed by atoms with van der Waals surface area (Å²) in [7, 11) is 0. The van der Waals surface area contributed by atoms with Crippen molar-refractivity contribution in [2.45, 2.75) is 13.8 Å². The molecular weight excluding hydrogens is 837 g/mol. The second-order valence-electron chi connectivity index (χ2n) is 17.0. The summed E-state index contributed by atoms with van der Waals surface area (Å²) in [6.07, 6.45) is 0. The molecule has 12 aromatic rings. The van der Waals surface area contributed by atoms with Gasteiger partial charge < -0.3 is 9.80 Å². The summed E-state index contributed by atoms with van der Waals surface area (Å²) < 4.78 is 5.21. The highest BCUT2D eigenvalue weighted by Gasteiger charge is 2.23. The summed E-state index contributed by atoms with van der Waals surface area (Å²) in [6, 6.07) is 84.5. The lowest BCUT2D eigenvalue weighted by atomic mass is 9.97. The highest BCUT2D eigenvalue weighted by molar-refractivity contribution is 7.26. The minimum atomic E-state index is 1.13. The molecule has 0 N–H and O–H groups in total. The van der Waals surface area contributed by atoms with E-state index in [4.69, 9.17) is 0 Å². The maximum Gasteiger partial charge on any atom is 0.0540 e. The molecule has 0 atom stereocenters. The first-order valence-electron chi connectivity index (χ1n) is 22.5. The van der Waals surface area contributed by atoms with Crippen LogP contribution in [0.5, 0.6) is 0 Å². The molecule has 0 aliphatic carbocycles. The van der Waals surface area contributed by atoms with E-state index in [0.29, 0.717) is 0 Å². The Hall–Kier alpha value is -7.76. The Balaban J connectivity index is 0.978. The number of hydrogen-bond acceptors (Lipinski definition) is 4. The Bertz CT molecular complexity index is 3500. The number of aryl methyl sites for hydroxylation is 2. The first-order valence-corrected chi connectivity index (χ1v) is 24.1. The monoisotopic (exact) mass is 880 g/mol. The normalized spacial score (nSPS) is 11.5. The van der Waals surface area contributed by atoms with E-state index in [0.717, 1.165) is 34.1 Å². The van der Waals surface area contributed by atoms with E-state index in [1.165, 1.54) is 84.9 Å². The van der Waals surface area contributed by atoms with Crippen LogP contribution in [-0.4, -0.2) is 0 Å². The van der Waals surface area contributed by atoms with Gasteiger partial charge in [0, 0.05) is 74.2 Å². The number of para-hydroxylation sites is 2. The minimum absolute atomic E-state index is 1.13. The van der Waals surface area contributed by atoms with Gasteiger partial charge in [0.2, 0.25) is 0 Å². The molecule has 2 nitrogen and oxygen atoms in total. The van der Waals surface area contributed by atoms with Crippen LogP contribution in [0.4, 0.5) is 34.1 Å². The SMILES string of the molecule is Cc1cc(-c2ccc(N(c3ccc4sc5ccccc5c4c3)c3ccccc3-c3ccccc3)c(C)c2)ccc1N(c1ccc2sc3ccccc3c2c1)c1ccccc1-c1ccccc1. The molecular formula is C62H44N2S2. The standard InChI is InChI=1S/C62H44N2S2/c1-41-37-45(29-33-55(41)63(57-25-13-9-21-49(57)43-17-5-3-6-18-43)47-31-35-61-53(39-47)51-23-11-15-27-59(51)65-61)46-30-34-56(42(2)38-46)64(58-26-14-10-22-50(58)44-19-7-4-8-20-44)48-32-36-62-54(40-48)52-24-12-16-28-60(52)66-62/h3-40H,1-2H3. The second-order valence-corrected chi connectivity index (χ2v) is 19.2. The summed E-state index contributed by atoms with van der Waals surface area (Å²) in [5.41, 5.74) is 16.4. The molecule has 4 heteroatoms. The molecule has 0 bridgehead atoms. The predicted octanol–water partition coefficient (Wildman–Crippen LogP) is 19.0. The van der Waals surface area contributed by atoms with Crippen LogP contribution in [0.15, 0.2) is 231 Å². The van der Waals surface area contributed by atoms with Crippen LogP contribution < -0.4 is 9.80 Å². The zero-order chi connectivity index (χ0) is 44.1. The summed E-state index contributed by atoms with van der Waals surface area (Å²) >= 11 is 3.71. The topological polar surface area (TPSA) is 6.48 Å². The molecule has 0 aliphatic heterocycles. The summed E-state index contributed by atoms with van der Waals surface area (Å²) in [6.45, 7) is 4.51. The van der Waals surface area contributed by atoms with Gasteiger partial charge >= 0.3 is 0 Å². The number of benzene rings is 10. The number of fused-ring (bicyclic) bond motifs is 6. The van der Waals surface area contributed by atoms with Crippen molar-refractivity contribution in [3.63, 3.8) is 0 Å². The maximum absolute atomic E-state index is 2.46. The Labute approximate surface area is 393 Å². The van der Waals surface area contributed by atoms with Crippen molar-refractivity contribution in [2.75, 3.05) is 9.80 Å². The van der Waals surface area contributed by atoms with Crippen LogP contribution in [-0.2, 0) is 0 Å². The van der Waals surface area contributed by atoms with Crippen molar-refractivity contribution < 1.29 is 0 Å². The smallest absolute Gasteiger partial charge is 0.0540 e. The number of rotatable bonds is 9. The van der Waals surface area contributed by atoms with Crippen molar-refractivity contribution >= 4 is 97.1 Å². The molecule has 0 amide bonds. The van der Waals surface area contributed by atoms with Gasteiger partial charge in [0.25, 0.3) is 0 Å². The molecule has 0 aliphatic rings. The number of hydrogen-bond donors (Lipinski definition) is 0. The van der Waals surface area contributed by atoms with E-state index in [9.17, 15) is 0 Å². The van der Waals surface area contributed by atoms with Crippen LogP contribution in [0.25, 0.3) is 73.7 Å². The summed E-state index contributed by atoms with van der Waals surface area (Å²) in [4.78, 5) is 4.91. The van der Waals surface area contributed by atoms with E-state index >= 15 is 0 Å². The predicted molar refractivity (Wildman–Crippen MR) is 287 cm³/mol. The van der Waals surface area contributed by atoms with E-state index < -0.39 is 0 Å². The third kappa shape index (κ3) is 7.03. The molecule has 0 radical (unpaired) electrons. The van der Waals surface area contributed by atoms with Crippen LogP contribution in [0, 0.1) is 13.8 Å². The van der Waals surface area contributed by atoms with Gasteiger partial charge in [-0.2, -0.15) is 0 Å². The molecule has 2 aromatic heterocycles. The highest BCUT2D eigenvalue weighted by Crippen LogP contribution is 2.48. The van der Waals surface area contributed by atoms with Crippen molar-refractivity contribution in [1.29, 1.82) is 0 Å². The van der Waals surface area contributed by atoms with Gasteiger partial charge in [-0.15, -0.1) is 22.7 Å². The van der Waals surface area contributed by atoms with Crippen LogP contribution in [0.3, 0.4) is 0 Å². The summed E-state index contributed by atoms with van der Waals surface area (Å²) in [5, 5.41) is 5.15. The fraction of sp³-hybridized carbons (Fsp3) is 0.0323. The Kier molecular flexibility index (Phi) is 10.0. The van der Waals surface area contributed by atoms with Crippen LogP contribution in [0.1, 0.15) is 11.1 Å². The highest BCUT2D eigenvalue weighted by atomic mass is 32.1. The van der Waals surface area contributed by atoms with Crippen LogP contribution in [0.2, 0.25) is 0 Å². The van der Waals surface area contributed by atoms with Gasteiger partial charge in [0.1, 0.15) is 0 Å². The molecule has 0 unspecified atom stereocenters. The van der Waals surface area contributed by atoms with Gasteiger partial charge in [-0.1, -0.05) is 146 Å². The molecule has 12 rings (SSSR count). The average Bonchev–Trinajstić information content (AvgIpc) is 3.94. The number of nitrogens with zero attached hydrogens (tertiary/aromatic N) is 2. The minimum Gasteiger partial charge on any atom is -0.310 e. The lowest BCUT2D eigenvalue weighted by Crippen LogP contribution is -2.13. The van der Waals surface area contributed by atoms with Gasteiger partial charge in [-0.05, 0) is 132 Å². The molecule has 0 saturated heterocycles. The third-order valence-corrected chi connectivity index (χ3v) is 15.2. The van der Waals surface area contributed by atoms with Crippen molar-refractivity contribution in [3.05, 3.63) is 242 Å². The molecule has 2 heterocycles. The third-order valence-electron chi connectivity index (χ3n) is 12.9. The summed E-state index contributed by atoms with van der Waals surface area (Å²) in [5.74, 6) is 0. The lowest BCUT2D eigenvalue weighted by Gasteiger charge is -2.30. The second kappa shape index (κ2) is 16.7. The van der Waals surface area contributed by atoms with Crippen LogP contribution >= 0.6 is 22.7 Å². The molecule has 0 fully saturated rings. The fourth-order valence-electron chi connectivity index (χ4n) is 9.75. The van der Waals surface area contributed by atoms with Gasteiger partial charge in [0.15, 0.2) is 0 Å². The zero-order valence-electron chi connectivity index (χ0n) is 36.7. The fourth-order valence-corrected chi connectivity index (χ4v) is 11.9. The zero-order valence-corrected chi connectivity index (χ0v) is 38.3. The van der Waals surface area contributed by atoms with Gasteiger partial charge in [-0.3, -0.25) is 0 Å². The average molecular weight is 881 g/mol. The quantitative estimate of drug-likeness (QED) is 0.143. The van der Waals surface area contributed by atoms with Gasteiger partial charge in [-0.25, -0.2) is 0 Å². The van der Waals surface area contributed by atoms with E-state index in [1.54, 1.807) is 0 Å². The Morgan fingerprint density at radius 1 is 0.273 bits per heavy atom. The maximum atomic E-state index is 2.46. The molecule has 66 heavy (non-hydrogen) atoms. The van der Waals surface area contributed by atoms with E-state index in [-0.39, 0.29) is 0 Å². The lowest BCUT2D eigenvalue weighted by molar-refractivity contribution is 1.25. The molecule has 0 saturated carbocycles. The largest absolute Gasteiger partial charge is 0.310 e.